The van der Waals surface area contributed by atoms with Gasteiger partial charge in [-0.1, -0.05) is 13.8 Å². The Kier molecular flexibility index (Phi) is 2.83. The van der Waals surface area contributed by atoms with Gasteiger partial charge >= 0.3 is 0 Å². The molecule has 15 heavy (non-hydrogen) atoms. The molecule has 0 spiro atoms. The van der Waals surface area contributed by atoms with E-state index in [1.54, 1.807) is 0 Å². The molecule has 0 aliphatic carbocycles. The standard InChI is InChI=1S/C12H15BrN2/c1-4-8(2)11-7-15-9(3)10(13)5-6-12(15)14-11/h5-8H,4H2,1-3H3. The van der Waals surface area contributed by atoms with E-state index in [9.17, 15) is 0 Å². The fraction of sp³-hybridized carbons (Fsp3) is 0.417. The van der Waals surface area contributed by atoms with Gasteiger partial charge in [0, 0.05) is 16.4 Å². The quantitative estimate of drug-likeness (QED) is 0.806. The van der Waals surface area contributed by atoms with E-state index < -0.39 is 0 Å². The predicted molar refractivity (Wildman–Crippen MR) is 66.3 cm³/mol. The Balaban J connectivity index is 2.61. The molecule has 3 heteroatoms. The average molecular weight is 267 g/mol. The summed E-state index contributed by atoms with van der Waals surface area (Å²) in [6.07, 6.45) is 3.27. The number of aromatic nitrogens is 2. The second-order valence-corrected chi connectivity index (χ2v) is 4.82. The third-order valence-corrected chi connectivity index (χ3v) is 3.79. The number of rotatable bonds is 2. The first-order valence-corrected chi connectivity index (χ1v) is 6.07. The van der Waals surface area contributed by atoms with E-state index in [2.05, 4.69) is 58.3 Å². The molecule has 0 N–H and O–H groups in total. The van der Waals surface area contributed by atoms with Crippen molar-refractivity contribution in [2.45, 2.75) is 33.1 Å². The molecule has 0 aliphatic rings. The Hall–Kier alpha value is -0.830. The summed E-state index contributed by atoms with van der Waals surface area (Å²) in [5.74, 6) is 0.531. The number of imidazole rings is 1. The van der Waals surface area contributed by atoms with Crippen LogP contribution in [0.1, 0.15) is 37.6 Å². The first-order valence-electron chi connectivity index (χ1n) is 5.27. The summed E-state index contributed by atoms with van der Waals surface area (Å²) < 4.78 is 3.27. The highest BCUT2D eigenvalue weighted by atomic mass is 79.9. The molecule has 0 aromatic carbocycles. The molecule has 0 bridgehead atoms. The molecule has 2 heterocycles. The van der Waals surface area contributed by atoms with Crippen molar-refractivity contribution in [2.75, 3.05) is 0 Å². The van der Waals surface area contributed by atoms with Gasteiger partial charge in [-0.2, -0.15) is 0 Å². The normalized spacial score (nSPS) is 13.3. The number of hydrogen-bond acceptors (Lipinski definition) is 1. The van der Waals surface area contributed by atoms with Gasteiger partial charge in [-0.05, 0) is 47.3 Å². The van der Waals surface area contributed by atoms with E-state index in [4.69, 9.17) is 0 Å². The van der Waals surface area contributed by atoms with Gasteiger partial charge in [0.2, 0.25) is 0 Å². The minimum atomic E-state index is 0.531. The number of halogens is 1. The smallest absolute Gasteiger partial charge is 0.137 e. The molecule has 2 aromatic heterocycles. The number of hydrogen-bond donors (Lipinski definition) is 0. The summed E-state index contributed by atoms with van der Waals surface area (Å²) in [6, 6.07) is 4.10. The lowest BCUT2D eigenvalue weighted by Gasteiger charge is -2.02. The van der Waals surface area contributed by atoms with Crippen LogP contribution in [0.4, 0.5) is 0 Å². The van der Waals surface area contributed by atoms with Crippen LogP contribution in [-0.2, 0) is 0 Å². The molecule has 0 saturated heterocycles. The van der Waals surface area contributed by atoms with Gasteiger partial charge < -0.3 is 4.40 Å². The summed E-state index contributed by atoms with van der Waals surface area (Å²) in [4.78, 5) is 4.63. The van der Waals surface area contributed by atoms with Gasteiger partial charge in [0.1, 0.15) is 5.65 Å². The van der Waals surface area contributed by atoms with E-state index in [1.807, 2.05) is 6.07 Å². The van der Waals surface area contributed by atoms with Crippen LogP contribution in [0, 0.1) is 6.92 Å². The minimum Gasteiger partial charge on any atom is -0.303 e. The van der Waals surface area contributed by atoms with Crippen molar-refractivity contribution >= 4 is 21.6 Å². The highest BCUT2D eigenvalue weighted by molar-refractivity contribution is 9.10. The molecule has 0 aliphatic heterocycles. The Morgan fingerprint density at radius 2 is 2.20 bits per heavy atom. The summed E-state index contributed by atoms with van der Waals surface area (Å²) in [5.41, 5.74) is 3.42. The first-order chi connectivity index (χ1) is 7.13. The van der Waals surface area contributed by atoms with Gasteiger partial charge in [-0.25, -0.2) is 4.98 Å². The lowest BCUT2D eigenvalue weighted by molar-refractivity contribution is 0.714. The summed E-state index contributed by atoms with van der Waals surface area (Å²) in [7, 11) is 0. The molecule has 0 saturated carbocycles. The predicted octanol–water partition coefficient (Wildman–Crippen LogP) is 3.92. The van der Waals surface area contributed by atoms with Gasteiger partial charge in [-0.15, -0.1) is 0 Å². The topological polar surface area (TPSA) is 17.3 Å². The van der Waals surface area contributed by atoms with Crippen LogP contribution in [0.25, 0.3) is 5.65 Å². The second-order valence-electron chi connectivity index (χ2n) is 3.97. The van der Waals surface area contributed by atoms with E-state index in [0.717, 1.165) is 16.5 Å². The van der Waals surface area contributed by atoms with Crippen molar-refractivity contribution in [3.63, 3.8) is 0 Å². The number of nitrogens with zero attached hydrogens (tertiary/aromatic N) is 2. The van der Waals surface area contributed by atoms with Crippen LogP contribution in [0.2, 0.25) is 0 Å². The zero-order valence-corrected chi connectivity index (χ0v) is 10.9. The minimum absolute atomic E-state index is 0.531. The fourth-order valence-electron chi connectivity index (χ4n) is 1.63. The summed E-state index contributed by atoms with van der Waals surface area (Å²) in [5, 5.41) is 0. The van der Waals surface area contributed by atoms with E-state index in [1.165, 1.54) is 11.4 Å². The molecule has 1 atom stereocenters. The Labute approximate surface area is 98.5 Å². The van der Waals surface area contributed by atoms with Crippen LogP contribution in [-0.4, -0.2) is 9.38 Å². The number of fused-ring (bicyclic) bond motifs is 1. The molecule has 2 aromatic rings. The van der Waals surface area contributed by atoms with Crippen LogP contribution in [0.15, 0.2) is 22.8 Å². The van der Waals surface area contributed by atoms with Crippen molar-refractivity contribution in [1.29, 1.82) is 0 Å². The zero-order valence-electron chi connectivity index (χ0n) is 9.29. The van der Waals surface area contributed by atoms with Crippen LogP contribution in [0.5, 0.6) is 0 Å². The molecule has 2 rings (SSSR count). The molecule has 2 nitrogen and oxygen atoms in total. The number of pyridine rings is 1. The Bertz CT molecular complexity index is 488. The Morgan fingerprint density at radius 3 is 2.87 bits per heavy atom. The third kappa shape index (κ3) is 1.81. The van der Waals surface area contributed by atoms with Crippen molar-refractivity contribution in [1.82, 2.24) is 9.38 Å². The molecule has 1 unspecified atom stereocenters. The molecule has 0 fully saturated rings. The Morgan fingerprint density at radius 1 is 1.47 bits per heavy atom. The monoisotopic (exact) mass is 266 g/mol. The third-order valence-electron chi connectivity index (χ3n) is 2.95. The highest BCUT2D eigenvalue weighted by Gasteiger charge is 2.09. The average Bonchev–Trinajstić information content (AvgIpc) is 2.67. The van der Waals surface area contributed by atoms with Gasteiger partial charge in [-0.3, -0.25) is 0 Å². The molecule has 80 valence electrons. The van der Waals surface area contributed by atoms with Gasteiger partial charge in [0.05, 0.1) is 5.69 Å². The number of aryl methyl sites for hydroxylation is 1. The van der Waals surface area contributed by atoms with Crippen LogP contribution >= 0.6 is 15.9 Å². The lowest BCUT2D eigenvalue weighted by atomic mass is 10.1. The van der Waals surface area contributed by atoms with Crippen LogP contribution < -0.4 is 0 Å². The summed E-state index contributed by atoms with van der Waals surface area (Å²) in [6.45, 7) is 6.50. The van der Waals surface area contributed by atoms with Gasteiger partial charge in [0.15, 0.2) is 0 Å². The maximum absolute atomic E-state index is 4.63. The maximum Gasteiger partial charge on any atom is 0.137 e. The van der Waals surface area contributed by atoms with Gasteiger partial charge in [0.25, 0.3) is 0 Å². The van der Waals surface area contributed by atoms with Crippen molar-refractivity contribution < 1.29 is 0 Å². The van der Waals surface area contributed by atoms with E-state index in [-0.39, 0.29) is 0 Å². The molecule has 0 amide bonds. The summed E-state index contributed by atoms with van der Waals surface area (Å²) >= 11 is 3.53. The second kappa shape index (κ2) is 3.97. The largest absolute Gasteiger partial charge is 0.303 e. The van der Waals surface area contributed by atoms with Crippen molar-refractivity contribution in [2.24, 2.45) is 0 Å². The SMILES string of the molecule is CCC(C)c1cn2c(C)c(Br)ccc2n1. The lowest BCUT2D eigenvalue weighted by Crippen LogP contribution is -1.90. The van der Waals surface area contributed by atoms with Crippen molar-refractivity contribution in [3.8, 4) is 0 Å². The maximum atomic E-state index is 4.63. The van der Waals surface area contributed by atoms with E-state index >= 15 is 0 Å². The zero-order chi connectivity index (χ0) is 11.0. The molecular weight excluding hydrogens is 252 g/mol. The highest BCUT2D eigenvalue weighted by Crippen LogP contribution is 2.22. The first kappa shape index (κ1) is 10.7. The fourth-order valence-corrected chi connectivity index (χ4v) is 1.95. The van der Waals surface area contributed by atoms with E-state index in [0.29, 0.717) is 5.92 Å². The van der Waals surface area contributed by atoms with Crippen LogP contribution in [0.3, 0.4) is 0 Å². The van der Waals surface area contributed by atoms with Crippen molar-refractivity contribution in [3.05, 3.63) is 34.2 Å². The molecule has 0 radical (unpaired) electrons. The molecular formula is C12H15BrN2.